The smallest absolute Gasteiger partial charge is 0.232 e. The van der Waals surface area contributed by atoms with Crippen LogP contribution in [0.5, 0.6) is 0 Å². The van der Waals surface area contributed by atoms with Crippen LogP contribution in [-0.2, 0) is 19.2 Å². The van der Waals surface area contributed by atoms with Crippen LogP contribution in [0.1, 0.15) is 58.8 Å². The first-order chi connectivity index (χ1) is 10.5. The predicted octanol–water partition coefficient (Wildman–Crippen LogP) is 1.43. The third-order valence-electron chi connectivity index (χ3n) is 3.91. The Morgan fingerprint density at radius 2 is 1.91 bits per heavy atom. The van der Waals surface area contributed by atoms with Crippen molar-refractivity contribution >= 4 is 23.5 Å². The first-order valence-electron chi connectivity index (χ1n) is 8.06. The summed E-state index contributed by atoms with van der Waals surface area (Å²) in [4.78, 5) is 47.2. The van der Waals surface area contributed by atoms with E-state index in [1.165, 1.54) is 11.8 Å². The summed E-state index contributed by atoms with van der Waals surface area (Å²) in [7, 11) is 0. The maximum absolute atomic E-state index is 11.9. The first-order valence-corrected chi connectivity index (χ1v) is 8.06. The van der Waals surface area contributed by atoms with Gasteiger partial charge in [0.1, 0.15) is 5.78 Å². The number of Topliss-reactive ketones (excluding diaryl/α,β-unsaturated/α-hetero) is 1. The summed E-state index contributed by atoms with van der Waals surface area (Å²) < 4.78 is 0. The van der Waals surface area contributed by atoms with Gasteiger partial charge >= 0.3 is 0 Å². The summed E-state index contributed by atoms with van der Waals surface area (Å²) in [6.45, 7) is 4.27. The van der Waals surface area contributed by atoms with Gasteiger partial charge in [0.25, 0.3) is 0 Å². The van der Waals surface area contributed by atoms with Gasteiger partial charge in [-0.3, -0.25) is 24.1 Å². The minimum atomic E-state index is -0.139. The van der Waals surface area contributed by atoms with E-state index in [0.29, 0.717) is 38.8 Å². The van der Waals surface area contributed by atoms with Crippen LogP contribution in [0, 0.1) is 5.92 Å². The highest BCUT2D eigenvalue weighted by Gasteiger charge is 2.36. The van der Waals surface area contributed by atoms with Gasteiger partial charge in [0.2, 0.25) is 17.7 Å². The highest BCUT2D eigenvalue weighted by molar-refractivity contribution is 6.03. The van der Waals surface area contributed by atoms with Crippen molar-refractivity contribution in [2.24, 2.45) is 5.92 Å². The van der Waals surface area contributed by atoms with Gasteiger partial charge in [-0.2, -0.15) is 0 Å². The Kier molecular flexibility index (Phi) is 7.77. The molecule has 0 saturated carbocycles. The molecule has 0 aromatic heterocycles. The van der Waals surface area contributed by atoms with Gasteiger partial charge in [0.05, 0.1) is 0 Å². The summed E-state index contributed by atoms with van der Waals surface area (Å²) in [5, 5.41) is 2.70. The molecule has 1 fully saturated rings. The second-order valence-electron chi connectivity index (χ2n) is 5.81. The molecule has 1 aliphatic heterocycles. The average Bonchev–Trinajstić information content (AvgIpc) is 2.73. The van der Waals surface area contributed by atoms with Gasteiger partial charge in [-0.15, -0.1) is 0 Å². The summed E-state index contributed by atoms with van der Waals surface area (Å²) in [6.07, 6.45) is 4.08. The first kappa shape index (κ1) is 18.3. The molecule has 22 heavy (non-hydrogen) atoms. The zero-order chi connectivity index (χ0) is 16.5. The van der Waals surface area contributed by atoms with E-state index in [9.17, 15) is 19.2 Å². The number of carbonyl (C=O) groups is 4. The highest BCUT2D eigenvalue weighted by atomic mass is 16.2. The van der Waals surface area contributed by atoms with E-state index in [0.717, 1.165) is 19.3 Å². The molecular weight excluding hydrogens is 284 g/mol. The second-order valence-corrected chi connectivity index (χ2v) is 5.81. The second kappa shape index (κ2) is 9.33. The van der Waals surface area contributed by atoms with Gasteiger partial charge in [0, 0.05) is 38.3 Å². The van der Waals surface area contributed by atoms with Crippen LogP contribution in [0.2, 0.25) is 0 Å². The number of nitrogens with zero attached hydrogens (tertiary/aromatic N) is 1. The molecule has 1 saturated heterocycles. The summed E-state index contributed by atoms with van der Waals surface area (Å²) in [5.41, 5.74) is 0. The Labute approximate surface area is 131 Å². The lowest BCUT2D eigenvalue weighted by molar-refractivity contribution is -0.139. The Bertz CT molecular complexity index is 434. The molecule has 6 nitrogen and oxygen atoms in total. The van der Waals surface area contributed by atoms with Gasteiger partial charge in [0.15, 0.2) is 0 Å². The number of amides is 3. The quantitative estimate of drug-likeness (QED) is 0.489. The van der Waals surface area contributed by atoms with Gasteiger partial charge < -0.3 is 5.32 Å². The van der Waals surface area contributed by atoms with E-state index in [2.05, 4.69) is 5.32 Å². The predicted molar refractivity (Wildman–Crippen MR) is 81.9 cm³/mol. The van der Waals surface area contributed by atoms with Gasteiger partial charge in [-0.05, 0) is 26.2 Å². The van der Waals surface area contributed by atoms with Crippen molar-refractivity contribution in [3.8, 4) is 0 Å². The summed E-state index contributed by atoms with van der Waals surface area (Å²) in [6, 6.07) is 0. The molecule has 1 rings (SSSR count). The number of hydrogen-bond acceptors (Lipinski definition) is 4. The number of carbonyl (C=O) groups excluding carboxylic acids is 4. The van der Waals surface area contributed by atoms with Crippen LogP contribution in [0.15, 0.2) is 0 Å². The zero-order valence-corrected chi connectivity index (χ0v) is 13.5. The maximum atomic E-state index is 11.9. The number of imide groups is 1. The Morgan fingerprint density at radius 1 is 1.18 bits per heavy atom. The van der Waals surface area contributed by atoms with Crippen molar-refractivity contribution in [1.29, 1.82) is 0 Å². The fraction of sp³-hybridized carbons (Fsp3) is 0.750. The van der Waals surface area contributed by atoms with Crippen LogP contribution < -0.4 is 5.32 Å². The maximum Gasteiger partial charge on any atom is 0.232 e. The molecule has 1 aliphatic rings. The van der Waals surface area contributed by atoms with E-state index in [4.69, 9.17) is 0 Å². The molecule has 1 N–H and O–H groups in total. The van der Waals surface area contributed by atoms with Gasteiger partial charge in [-0.1, -0.05) is 13.3 Å². The molecular formula is C16H26N2O4. The molecule has 3 amide bonds. The van der Waals surface area contributed by atoms with Crippen molar-refractivity contribution < 1.29 is 19.2 Å². The fourth-order valence-electron chi connectivity index (χ4n) is 2.50. The normalized spacial score (nSPS) is 17.9. The Hall–Kier alpha value is -1.72. The topological polar surface area (TPSA) is 83.6 Å². The molecule has 0 radical (unpaired) electrons. The van der Waals surface area contributed by atoms with Crippen LogP contribution in [0.25, 0.3) is 0 Å². The van der Waals surface area contributed by atoms with E-state index in [1.54, 1.807) is 0 Å². The molecule has 124 valence electrons. The summed E-state index contributed by atoms with van der Waals surface area (Å²) >= 11 is 0. The number of hydrogen-bond donors (Lipinski definition) is 1. The van der Waals surface area contributed by atoms with E-state index in [1.807, 2.05) is 6.92 Å². The standard InChI is InChI=1S/C16H26N2O4/c1-3-13-11-15(21)18(16(13)22)10-6-4-5-7-14(20)17-9-8-12(2)19/h13H,3-11H2,1-2H3,(H,17,20). The van der Waals surface area contributed by atoms with Crippen molar-refractivity contribution in [3.05, 3.63) is 0 Å². The van der Waals surface area contributed by atoms with E-state index in [-0.39, 0.29) is 29.4 Å². The molecule has 0 spiro atoms. The average molecular weight is 310 g/mol. The minimum Gasteiger partial charge on any atom is -0.356 e. The Balaban J connectivity index is 2.10. The lowest BCUT2D eigenvalue weighted by Gasteiger charge is -2.14. The lowest BCUT2D eigenvalue weighted by Crippen LogP contribution is -2.31. The van der Waals surface area contributed by atoms with Crippen LogP contribution in [0.3, 0.4) is 0 Å². The Morgan fingerprint density at radius 3 is 2.50 bits per heavy atom. The van der Waals surface area contributed by atoms with E-state index < -0.39 is 0 Å². The molecule has 0 aromatic rings. The highest BCUT2D eigenvalue weighted by Crippen LogP contribution is 2.22. The van der Waals surface area contributed by atoms with Crippen LogP contribution in [0.4, 0.5) is 0 Å². The number of rotatable bonds is 10. The monoisotopic (exact) mass is 310 g/mol. The van der Waals surface area contributed by atoms with Gasteiger partial charge in [-0.25, -0.2) is 0 Å². The zero-order valence-electron chi connectivity index (χ0n) is 13.5. The third-order valence-corrected chi connectivity index (χ3v) is 3.91. The fourth-order valence-corrected chi connectivity index (χ4v) is 2.50. The van der Waals surface area contributed by atoms with Crippen molar-refractivity contribution in [2.75, 3.05) is 13.1 Å². The number of ketones is 1. The SMILES string of the molecule is CCC1CC(=O)N(CCCCCC(=O)NCCC(C)=O)C1=O. The molecule has 0 aliphatic carbocycles. The molecule has 6 heteroatoms. The summed E-state index contributed by atoms with van der Waals surface area (Å²) in [5.74, 6) is -0.251. The largest absolute Gasteiger partial charge is 0.356 e. The van der Waals surface area contributed by atoms with E-state index >= 15 is 0 Å². The number of nitrogens with one attached hydrogen (secondary N) is 1. The number of likely N-dealkylation sites (tertiary alicyclic amines) is 1. The molecule has 1 heterocycles. The third kappa shape index (κ3) is 5.95. The molecule has 1 unspecified atom stereocenters. The van der Waals surface area contributed by atoms with Crippen molar-refractivity contribution in [1.82, 2.24) is 10.2 Å². The minimum absolute atomic E-state index is 0.0468. The van der Waals surface area contributed by atoms with Crippen LogP contribution >= 0.6 is 0 Å². The lowest BCUT2D eigenvalue weighted by atomic mass is 10.1. The van der Waals surface area contributed by atoms with Crippen molar-refractivity contribution in [3.63, 3.8) is 0 Å². The molecule has 0 aromatic carbocycles. The molecule has 0 bridgehead atoms. The molecule has 1 atom stereocenters. The number of unbranched alkanes of at least 4 members (excludes halogenated alkanes) is 2. The van der Waals surface area contributed by atoms with Crippen LogP contribution in [-0.4, -0.2) is 41.5 Å². The van der Waals surface area contributed by atoms with Crippen molar-refractivity contribution in [2.45, 2.75) is 58.8 Å².